The molecule has 0 radical (unpaired) electrons. The number of hydrogen-bond donors (Lipinski definition) is 3. The van der Waals surface area contributed by atoms with Crippen LogP contribution in [0.4, 0.5) is 11.6 Å². The predicted octanol–water partition coefficient (Wildman–Crippen LogP) is 5.12. The number of aryl methyl sites for hydroxylation is 1. The fraction of sp³-hybridized carbons (Fsp3) is 0.308. The van der Waals surface area contributed by atoms with E-state index in [0.29, 0.717) is 39.5 Å². The smallest absolute Gasteiger partial charge is 0.223 e. The van der Waals surface area contributed by atoms with E-state index in [1.165, 1.54) is 0 Å². The number of halogens is 1. The second-order valence-electron chi connectivity index (χ2n) is 8.97. The summed E-state index contributed by atoms with van der Waals surface area (Å²) in [4.78, 5) is 18.9. The summed E-state index contributed by atoms with van der Waals surface area (Å²) in [6, 6.07) is 11.8. The summed E-state index contributed by atoms with van der Waals surface area (Å²) >= 11 is 6.15. The minimum atomic E-state index is -1.52. The molecular formula is C26H28ClN7OS. The van der Waals surface area contributed by atoms with Crippen LogP contribution in [-0.4, -0.2) is 36.2 Å². The number of anilines is 2. The summed E-state index contributed by atoms with van der Waals surface area (Å²) in [5.74, 6) is 1.23. The van der Waals surface area contributed by atoms with Gasteiger partial charge in [-0.1, -0.05) is 30.7 Å². The topological polar surface area (TPSA) is 119 Å². The van der Waals surface area contributed by atoms with E-state index in [2.05, 4.69) is 38.0 Å². The predicted molar refractivity (Wildman–Crippen MR) is 145 cm³/mol. The molecule has 1 unspecified atom stereocenters. The van der Waals surface area contributed by atoms with Crippen molar-refractivity contribution >= 4 is 45.1 Å². The lowest BCUT2D eigenvalue weighted by molar-refractivity contribution is 0.410. The van der Waals surface area contributed by atoms with Crippen LogP contribution in [0.3, 0.4) is 0 Å². The molecule has 1 saturated carbocycles. The molecule has 0 spiro atoms. The lowest BCUT2D eigenvalue weighted by Gasteiger charge is -2.26. The van der Waals surface area contributed by atoms with Crippen LogP contribution in [0.25, 0.3) is 22.3 Å². The lowest BCUT2D eigenvalue weighted by Crippen LogP contribution is -2.33. The maximum Gasteiger partial charge on any atom is 0.223 e. The van der Waals surface area contributed by atoms with Crippen molar-refractivity contribution in [1.29, 1.82) is 0 Å². The number of nitrogens with one attached hydrogen (secondary N) is 2. The fourth-order valence-corrected chi connectivity index (χ4v) is 5.64. The summed E-state index contributed by atoms with van der Waals surface area (Å²) < 4.78 is 15.5. The number of nitrogens with two attached hydrogens (primary N) is 1. The molecule has 0 amide bonds. The first-order valence-electron chi connectivity index (χ1n) is 12.1. The van der Waals surface area contributed by atoms with Gasteiger partial charge in [0.05, 0.1) is 33.5 Å². The molecule has 10 heteroatoms. The minimum absolute atomic E-state index is 0.308. The van der Waals surface area contributed by atoms with Crippen molar-refractivity contribution in [3.8, 4) is 11.4 Å². The molecule has 0 saturated heterocycles. The van der Waals surface area contributed by atoms with E-state index in [9.17, 15) is 4.21 Å². The van der Waals surface area contributed by atoms with Crippen LogP contribution in [0, 0.1) is 0 Å². The van der Waals surface area contributed by atoms with Crippen molar-refractivity contribution in [1.82, 2.24) is 19.9 Å². The van der Waals surface area contributed by atoms with Gasteiger partial charge in [0.1, 0.15) is 0 Å². The van der Waals surface area contributed by atoms with Crippen LogP contribution in [0.2, 0.25) is 5.02 Å². The van der Waals surface area contributed by atoms with Crippen LogP contribution in [0.1, 0.15) is 38.2 Å². The third kappa shape index (κ3) is 5.48. The number of fused-ring (bicyclic) bond motifs is 1. The third-order valence-electron chi connectivity index (χ3n) is 6.40. The van der Waals surface area contributed by atoms with Crippen LogP contribution >= 0.6 is 11.6 Å². The summed E-state index contributed by atoms with van der Waals surface area (Å²) in [7, 11) is -1.52. The highest BCUT2D eigenvalue weighted by Crippen LogP contribution is 2.27. The van der Waals surface area contributed by atoms with E-state index in [4.69, 9.17) is 22.3 Å². The number of nitrogens with zero attached hydrogens (tertiary/aromatic N) is 4. The molecule has 0 bridgehead atoms. The van der Waals surface area contributed by atoms with Gasteiger partial charge in [0.25, 0.3) is 0 Å². The number of hydrogen-bond acceptors (Lipinski definition) is 7. The molecule has 8 nitrogen and oxygen atoms in total. The van der Waals surface area contributed by atoms with E-state index < -0.39 is 11.0 Å². The van der Waals surface area contributed by atoms with E-state index in [0.717, 1.165) is 54.1 Å². The zero-order valence-corrected chi connectivity index (χ0v) is 21.5. The van der Waals surface area contributed by atoms with Crippen molar-refractivity contribution < 1.29 is 4.21 Å². The molecule has 4 N–H and O–H groups in total. The van der Waals surface area contributed by atoms with Crippen molar-refractivity contribution in [2.45, 2.75) is 56.0 Å². The lowest BCUT2D eigenvalue weighted by atomic mass is 9.92. The Labute approximate surface area is 217 Å². The van der Waals surface area contributed by atoms with Gasteiger partial charge in [0, 0.05) is 29.2 Å². The molecule has 1 atom stereocenters. The van der Waals surface area contributed by atoms with Gasteiger partial charge < -0.3 is 11.1 Å². The summed E-state index contributed by atoms with van der Waals surface area (Å²) in [5.41, 5.74) is 9.48. The summed E-state index contributed by atoms with van der Waals surface area (Å²) in [6.07, 6.45) is 10.0. The summed E-state index contributed by atoms with van der Waals surface area (Å²) in [5, 5.41) is 4.86. The molecule has 1 aliphatic rings. The molecule has 2 heterocycles. The number of aromatic nitrogens is 4. The molecule has 4 aromatic rings. The third-order valence-corrected chi connectivity index (χ3v) is 8.02. The van der Waals surface area contributed by atoms with Crippen LogP contribution in [-0.2, 0) is 17.4 Å². The average Bonchev–Trinajstić information content (AvgIpc) is 2.90. The van der Waals surface area contributed by atoms with Gasteiger partial charge in [0.15, 0.2) is 16.8 Å². The second-order valence-corrected chi connectivity index (χ2v) is 10.6. The van der Waals surface area contributed by atoms with Crippen molar-refractivity contribution in [3.05, 3.63) is 65.6 Å². The zero-order valence-electron chi connectivity index (χ0n) is 19.9. The van der Waals surface area contributed by atoms with E-state index in [-0.39, 0.29) is 0 Å². The Morgan fingerprint density at radius 2 is 1.81 bits per heavy atom. The van der Waals surface area contributed by atoms with Gasteiger partial charge in [-0.2, -0.15) is 0 Å². The molecular weight excluding hydrogens is 494 g/mol. The minimum Gasteiger partial charge on any atom is -0.351 e. The Kier molecular flexibility index (Phi) is 7.41. The van der Waals surface area contributed by atoms with Gasteiger partial charge in [-0.25, -0.2) is 24.1 Å². The number of rotatable bonds is 7. The molecule has 1 aliphatic carbocycles. The normalized spacial score (nSPS) is 18.6. The van der Waals surface area contributed by atoms with Gasteiger partial charge in [0.2, 0.25) is 5.95 Å². The van der Waals surface area contributed by atoms with E-state index >= 15 is 0 Å². The van der Waals surface area contributed by atoms with Crippen molar-refractivity contribution in [3.63, 3.8) is 0 Å². The molecule has 2 aromatic heterocycles. The Hall–Kier alpha value is -3.14. The van der Waals surface area contributed by atoms with Crippen LogP contribution in [0.5, 0.6) is 0 Å². The zero-order chi connectivity index (χ0) is 25.1. The molecule has 36 heavy (non-hydrogen) atoms. The van der Waals surface area contributed by atoms with Crippen LogP contribution < -0.4 is 15.8 Å². The van der Waals surface area contributed by atoms with Gasteiger partial charge in [-0.15, -0.1) is 0 Å². The largest absolute Gasteiger partial charge is 0.351 e. The Morgan fingerprint density at radius 3 is 2.53 bits per heavy atom. The highest BCUT2D eigenvalue weighted by Gasteiger charge is 2.19. The van der Waals surface area contributed by atoms with Crippen LogP contribution in [0.15, 0.2) is 59.9 Å². The first-order valence-corrected chi connectivity index (χ1v) is 13.6. The van der Waals surface area contributed by atoms with Crippen molar-refractivity contribution in [2.75, 3.05) is 10.0 Å². The van der Waals surface area contributed by atoms with E-state index in [1.54, 1.807) is 36.7 Å². The second kappa shape index (κ2) is 10.9. The summed E-state index contributed by atoms with van der Waals surface area (Å²) in [6.45, 7) is 2.11. The van der Waals surface area contributed by atoms with Gasteiger partial charge >= 0.3 is 0 Å². The molecule has 2 aromatic carbocycles. The Balaban J connectivity index is 1.35. The maximum atomic E-state index is 12.6. The van der Waals surface area contributed by atoms with E-state index in [1.807, 2.05) is 12.3 Å². The molecule has 5 rings (SSSR count). The molecule has 1 fully saturated rings. The molecule has 0 aliphatic heterocycles. The standard InChI is InChI=1S/C26H28ClN7OS/c1-2-16-11-17(12-18-13-31-26(33-24(16)18)32-20-9-7-19(28)8-10-20)25-29-14-21(15-30-25)34-36(35)23-6-4-3-5-22(23)27/h3-6,11-15,19-20,34H,2,7-10,28H2,1H3,(H,31,32,33). The quantitative estimate of drug-likeness (QED) is 0.309. The van der Waals surface area contributed by atoms with Crippen molar-refractivity contribution in [2.24, 2.45) is 5.73 Å². The molecule has 186 valence electrons. The average molecular weight is 522 g/mol. The Morgan fingerprint density at radius 1 is 1.06 bits per heavy atom. The Bertz CT molecular complexity index is 1390. The highest BCUT2D eigenvalue weighted by atomic mass is 35.5. The monoisotopic (exact) mass is 521 g/mol. The highest BCUT2D eigenvalue weighted by molar-refractivity contribution is 7.86. The SMILES string of the molecule is CCc1cc(-c2ncc(NS(=O)c3ccccc3Cl)cn2)cc2cnc(NC3CCC(N)CC3)nc12. The van der Waals surface area contributed by atoms with Gasteiger partial charge in [-0.05, 0) is 61.9 Å². The number of benzene rings is 2. The maximum absolute atomic E-state index is 12.6. The first-order chi connectivity index (χ1) is 17.5. The first kappa shape index (κ1) is 24.5. The van der Waals surface area contributed by atoms with Gasteiger partial charge in [-0.3, -0.25) is 4.72 Å². The fourth-order valence-electron chi connectivity index (χ4n) is 4.42.